The lowest BCUT2D eigenvalue weighted by molar-refractivity contribution is -0.167. The van der Waals surface area contributed by atoms with Crippen LogP contribution in [0.1, 0.15) is 367 Å². The summed E-state index contributed by atoms with van der Waals surface area (Å²) in [4.78, 5) is 38.3. The maximum absolute atomic E-state index is 12.9. The van der Waals surface area contributed by atoms with Gasteiger partial charge in [-0.2, -0.15) is 0 Å². The number of hydrogen-bond acceptors (Lipinski definition) is 6. The third-order valence-corrected chi connectivity index (χ3v) is 14.8. The molecule has 0 unspecified atom stereocenters. The first kappa shape index (κ1) is 69.2. The van der Waals surface area contributed by atoms with Crippen molar-refractivity contribution in [3.8, 4) is 0 Å². The summed E-state index contributed by atoms with van der Waals surface area (Å²) in [5.74, 6) is -0.834. The molecule has 0 aromatic heterocycles. The highest BCUT2D eigenvalue weighted by molar-refractivity contribution is 5.71. The summed E-state index contributed by atoms with van der Waals surface area (Å²) < 4.78 is 17.0. The third kappa shape index (κ3) is 58.9. The molecule has 0 spiro atoms. The van der Waals surface area contributed by atoms with Gasteiger partial charge in [0.15, 0.2) is 6.10 Å². The molecule has 0 bridgehead atoms. The minimum absolute atomic E-state index is 0.0637. The zero-order valence-electron chi connectivity index (χ0n) is 48.3. The number of carbonyl (C=O) groups excluding carboxylic acids is 3. The van der Waals surface area contributed by atoms with Gasteiger partial charge >= 0.3 is 17.9 Å². The summed E-state index contributed by atoms with van der Waals surface area (Å²) in [7, 11) is 0. The van der Waals surface area contributed by atoms with Crippen LogP contribution in [0.4, 0.5) is 0 Å². The molecule has 1 atom stereocenters. The minimum Gasteiger partial charge on any atom is -0.462 e. The molecule has 0 saturated heterocycles. The van der Waals surface area contributed by atoms with Crippen LogP contribution in [0.5, 0.6) is 0 Å². The van der Waals surface area contributed by atoms with E-state index in [-0.39, 0.29) is 31.1 Å². The zero-order valence-corrected chi connectivity index (χ0v) is 48.3. The maximum Gasteiger partial charge on any atom is 0.306 e. The van der Waals surface area contributed by atoms with Crippen molar-refractivity contribution in [2.24, 2.45) is 0 Å². The Morgan fingerprint density at radius 2 is 0.465 bits per heavy atom. The van der Waals surface area contributed by atoms with Crippen molar-refractivity contribution in [3.05, 3.63) is 12.2 Å². The van der Waals surface area contributed by atoms with E-state index in [4.69, 9.17) is 14.2 Å². The van der Waals surface area contributed by atoms with E-state index in [0.29, 0.717) is 19.3 Å². The van der Waals surface area contributed by atoms with Gasteiger partial charge in [0.05, 0.1) is 0 Å². The van der Waals surface area contributed by atoms with E-state index in [9.17, 15) is 14.4 Å². The van der Waals surface area contributed by atoms with E-state index in [2.05, 4.69) is 32.9 Å². The molecule has 6 heteroatoms. The number of allylic oxidation sites excluding steroid dienone is 2. The molecule has 420 valence electrons. The van der Waals surface area contributed by atoms with Gasteiger partial charge in [-0.05, 0) is 44.9 Å². The van der Waals surface area contributed by atoms with E-state index in [1.54, 1.807) is 0 Å². The molecule has 0 heterocycles. The van der Waals surface area contributed by atoms with Crippen LogP contribution in [-0.2, 0) is 28.6 Å². The smallest absolute Gasteiger partial charge is 0.306 e. The van der Waals surface area contributed by atoms with Crippen molar-refractivity contribution < 1.29 is 28.6 Å². The Hall–Kier alpha value is -1.85. The summed E-state index contributed by atoms with van der Waals surface area (Å²) in [5.41, 5.74) is 0. The molecule has 0 aromatic carbocycles. The van der Waals surface area contributed by atoms with Crippen LogP contribution in [0.2, 0.25) is 0 Å². The summed E-state index contributed by atoms with van der Waals surface area (Å²) in [6.07, 6.45) is 70.7. The van der Waals surface area contributed by atoms with Gasteiger partial charge in [-0.3, -0.25) is 14.4 Å². The molecule has 0 N–H and O–H groups in total. The Morgan fingerprint density at radius 1 is 0.268 bits per heavy atom. The molecular weight excluding hydrogens is 877 g/mol. The van der Waals surface area contributed by atoms with Crippen molar-refractivity contribution in [3.63, 3.8) is 0 Å². The van der Waals surface area contributed by atoms with Crippen molar-refractivity contribution in [1.29, 1.82) is 0 Å². The second-order valence-electron chi connectivity index (χ2n) is 22.0. The Balaban J connectivity index is 4.30. The Kier molecular flexibility index (Phi) is 59.1. The fraction of sp³-hybridized carbons (Fsp3) is 0.923. The van der Waals surface area contributed by atoms with Gasteiger partial charge in [0, 0.05) is 19.3 Å². The predicted octanol–water partition coefficient (Wildman–Crippen LogP) is 21.7. The Morgan fingerprint density at radius 3 is 0.704 bits per heavy atom. The van der Waals surface area contributed by atoms with Crippen LogP contribution >= 0.6 is 0 Å². The van der Waals surface area contributed by atoms with Crippen LogP contribution < -0.4 is 0 Å². The van der Waals surface area contributed by atoms with Crippen molar-refractivity contribution in [2.45, 2.75) is 374 Å². The van der Waals surface area contributed by atoms with Crippen LogP contribution in [0.15, 0.2) is 12.2 Å². The minimum atomic E-state index is -0.766. The predicted molar refractivity (Wildman–Crippen MR) is 307 cm³/mol. The van der Waals surface area contributed by atoms with E-state index >= 15 is 0 Å². The zero-order chi connectivity index (χ0) is 51.4. The third-order valence-electron chi connectivity index (χ3n) is 14.8. The van der Waals surface area contributed by atoms with Crippen molar-refractivity contribution in [1.82, 2.24) is 0 Å². The first-order chi connectivity index (χ1) is 35.0. The van der Waals surface area contributed by atoms with Crippen LogP contribution in [0.25, 0.3) is 0 Å². The summed E-state index contributed by atoms with van der Waals surface area (Å²) in [5, 5.41) is 0. The molecule has 0 rings (SSSR count). The van der Waals surface area contributed by atoms with Gasteiger partial charge in [0.25, 0.3) is 0 Å². The lowest BCUT2D eigenvalue weighted by Gasteiger charge is -2.18. The van der Waals surface area contributed by atoms with Gasteiger partial charge in [-0.25, -0.2) is 0 Å². The average Bonchev–Trinajstić information content (AvgIpc) is 3.37. The number of unbranched alkanes of at least 4 members (excludes halogenated alkanes) is 47. The molecule has 0 saturated carbocycles. The summed E-state index contributed by atoms with van der Waals surface area (Å²) in [6, 6.07) is 0. The number of esters is 3. The van der Waals surface area contributed by atoms with Crippen LogP contribution in [0.3, 0.4) is 0 Å². The molecular formula is C65H124O6. The fourth-order valence-corrected chi connectivity index (χ4v) is 9.91. The summed E-state index contributed by atoms with van der Waals surface area (Å²) >= 11 is 0. The molecule has 0 aliphatic carbocycles. The first-order valence-corrected chi connectivity index (χ1v) is 32.2. The second-order valence-corrected chi connectivity index (χ2v) is 22.0. The molecule has 0 aromatic rings. The highest BCUT2D eigenvalue weighted by Crippen LogP contribution is 2.18. The number of rotatable bonds is 60. The SMILES string of the molecule is CCCCCCCC/C=C/CCCCCCCCCCCC(=O)OC[C@@H](COC(=O)CCCCCCCCCCCCCCCCCCC)OC(=O)CCCCCCCCCCCCCCCCCCC. The highest BCUT2D eigenvalue weighted by Gasteiger charge is 2.19. The normalized spacial score (nSPS) is 12.0. The van der Waals surface area contributed by atoms with E-state index in [1.165, 1.54) is 270 Å². The van der Waals surface area contributed by atoms with Crippen LogP contribution in [-0.4, -0.2) is 37.2 Å². The van der Waals surface area contributed by atoms with Gasteiger partial charge in [0.2, 0.25) is 0 Å². The standard InChI is InChI=1S/C65H124O6/c1-4-7-10-13-16-19-22-25-28-31-32-35-37-40-43-46-49-52-55-58-64(67)70-61-62(71-65(68)59-56-53-50-47-44-41-38-34-30-27-24-21-18-15-12-9-6-3)60-69-63(66)57-54-51-48-45-42-39-36-33-29-26-23-20-17-14-11-8-5-2/h25,28,62H,4-24,26-27,29-61H2,1-3H3/b28-25+/t62-/m1/s1. The highest BCUT2D eigenvalue weighted by atomic mass is 16.6. The quantitative estimate of drug-likeness (QED) is 0.0261. The molecule has 0 radical (unpaired) electrons. The first-order valence-electron chi connectivity index (χ1n) is 32.2. The molecule has 0 aliphatic heterocycles. The molecule has 0 fully saturated rings. The topological polar surface area (TPSA) is 78.9 Å². The molecule has 0 amide bonds. The lowest BCUT2D eigenvalue weighted by Crippen LogP contribution is -2.30. The monoisotopic (exact) mass is 1000 g/mol. The number of ether oxygens (including phenoxy) is 3. The number of hydrogen-bond donors (Lipinski definition) is 0. The van der Waals surface area contributed by atoms with E-state index < -0.39 is 6.10 Å². The molecule has 71 heavy (non-hydrogen) atoms. The average molecular weight is 1000 g/mol. The number of carbonyl (C=O) groups is 3. The van der Waals surface area contributed by atoms with Gasteiger partial charge in [0.1, 0.15) is 13.2 Å². The lowest BCUT2D eigenvalue weighted by atomic mass is 10.0. The van der Waals surface area contributed by atoms with Crippen molar-refractivity contribution in [2.75, 3.05) is 13.2 Å². The fourth-order valence-electron chi connectivity index (χ4n) is 9.91. The molecule has 0 aliphatic rings. The second kappa shape index (κ2) is 60.7. The van der Waals surface area contributed by atoms with Crippen LogP contribution in [0, 0.1) is 0 Å². The van der Waals surface area contributed by atoms with Gasteiger partial charge in [-0.1, -0.05) is 315 Å². The Bertz CT molecular complexity index is 1100. The van der Waals surface area contributed by atoms with E-state index in [0.717, 1.165) is 57.8 Å². The van der Waals surface area contributed by atoms with Gasteiger partial charge < -0.3 is 14.2 Å². The largest absolute Gasteiger partial charge is 0.462 e. The van der Waals surface area contributed by atoms with E-state index in [1.807, 2.05) is 0 Å². The van der Waals surface area contributed by atoms with Crippen molar-refractivity contribution >= 4 is 17.9 Å². The maximum atomic E-state index is 12.9. The Labute approximate surface area is 443 Å². The summed E-state index contributed by atoms with van der Waals surface area (Å²) in [6.45, 7) is 6.72. The van der Waals surface area contributed by atoms with Gasteiger partial charge in [-0.15, -0.1) is 0 Å². The molecule has 6 nitrogen and oxygen atoms in total.